The quantitative estimate of drug-likeness (QED) is 0.173. The minimum Gasteiger partial charge on any atom is -0.388 e. The van der Waals surface area contributed by atoms with Crippen molar-refractivity contribution in [3.63, 3.8) is 0 Å². The van der Waals surface area contributed by atoms with Crippen LogP contribution < -0.4 is 0 Å². The number of hydrogen-bond acceptors (Lipinski definition) is 4. The van der Waals surface area contributed by atoms with Gasteiger partial charge < -0.3 is 19.3 Å². The number of alkyl halides is 3. The Bertz CT molecular complexity index is 1330. The molecule has 0 saturated heterocycles. The largest absolute Gasteiger partial charge is 0.416 e. The SMILES string of the molecule is O[C@H](COCc1ccccc1)[C@@H](OCc1ccccc1)[C@@H](/C=C/c1cccc(C(F)(F)F)c1)OCc1ccccc1. The molecular formula is C34H33F3O4. The van der Waals surface area contributed by atoms with Crippen LogP contribution in [0.15, 0.2) is 121 Å². The highest BCUT2D eigenvalue weighted by atomic mass is 19.4. The Morgan fingerprint density at radius 1 is 0.659 bits per heavy atom. The lowest BCUT2D eigenvalue weighted by Gasteiger charge is -2.29. The highest BCUT2D eigenvalue weighted by Crippen LogP contribution is 2.30. The van der Waals surface area contributed by atoms with E-state index in [1.54, 1.807) is 18.2 Å². The number of ether oxygens (including phenoxy) is 3. The summed E-state index contributed by atoms with van der Waals surface area (Å²) in [5, 5.41) is 11.3. The predicted octanol–water partition coefficient (Wildman–Crippen LogP) is 7.47. The Morgan fingerprint density at radius 3 is 1.76 bits per heavy atom. The molecule has 0 saturated carbocycles. The van der Waals surface area contributed by atoms with Crippen molar-refractivity contribution in [2.24, 2.45) is 0 Å². The highest BCUT2D eigenvalue weighted by molar-refractivity contribution is 5.51. The number of benzene rings is 4. The molecule has 0 aliphatic heterocycles. The first kappa shape index (κ1) is 30.2. The fourth-order valence-corrected chi connectivity index (χ4v) is 4.21. The molecule has 0 unspecified atom stereocenters. The normalized spacial score (nSPS) is 14.1. The summed E-state index contributed by atoms with van der Waals surface area (Å²) in [6.07, 6.45) is -4.04. The minimum absolute atomic E-state index is 0.0308. The van der Waals surface area contributed by atoms with Crippen LogP contribution >= 0.6 is 0 Å². The molecule has 0 spiro atoms. The van der Waals surface area contributed by atoms with Crippen LogP contribution in [0.4, 0.5) is 13.2 Å². The van der Waals surface area contributed by atoms with Crippen molar-refractivity contribution in [3.8, 4) is 0 Å². The first-order valence-electron chi connectivity index (χ1n) is 13.3. The third kappa shape index (κ3) is 9.99. The lowest BCUT2D eigenvalue weighted by molar-refractivity contribution is -0.137. The molecule has 7 heteroatoms. The van der Waals surface area contributed by atoms with Crippen LogP contribution in [0.25, 0.3) is 6.08 Å². The van der Waals surface area contributed by atoms with Crippen LogP contribution in [-0.4, -0.2) is 30.0 Å². The van der Waals surface area contributed by atoms with Gasteiger partial charge in [0.05, 0.1) is 32.0 Å². The van der Waals surface area contributed by atoms with Crippen molar-refractivity contribution >= 4 is 6.08 Å². The molecule has 41 heavy (non-hydrogen) atoms. The summed E-state index contributed by atoms with van der Waals surface area (Å²) >= 11 is 0. The van der Waals surface area contributed by atoms with E-state index in [1.165, 1.54) is 6.07 Å². The van der Waals surface area contributed by atoms with Crippen molar-refractivity contribution < 1.29 is 32.5 Å². The van der Waals surface area contributed by atoms with Gasteiger partial charge in [-0.25, -0.2) is 0 Å². The van der Waals surface area contributed by atoms with Gasteiger partial charge in [-0.2, -0.15) is 13.2 Å². The van der Waals surface area contributed by atoms with E-state index in [2.05, 4.69) is 0 Å². The van der Waals surface area contributed by atoms with Gasteiger partial charge in [0.1, 0.15) is 18.3 Å². The Hall–Kier alpha value is -3.75. The summed E-state index contributed by atoms with van der Waals surface area (Å²) in [4.78, 5) is 0. The predicted molar refractivity (Wildman–Crippen MR) is 153 cm³/mol. The van der Waals surface area contributed by atoms with Gasteiger partial charge >= 0.3 is 6.18 Å². The van der Waals surface area contributed by atoms with E-state index in [4.69, 9.17) is 14.2 Å². The van der Waals surface area contributed by atoms with Crippen molar-refractivity contribution in [1.29, 1.82) is 0 Å². The monoisotopic (exact) mass is 562 g/mol. The summed E-state index contributed by atoms with van der Waals surface area (Å²) in [6, 6.07) is 33.6. The Labute approximate surface area is 238 Å². The van der Waals surface area contributed by atoms with Gasteiger partial charge in [-0.3, -0.25) is 0 Å². The van der Waals surface area contributed by atoms with E-state index < -0.39 is 30.1 Å². The second-order valence-corrected chi connectivity index (χ2v) is 9.57. The van der Waals surface area contributed by atoms with E-state index in [1.807, 2.05) is 91.0 Å². The maximum Gasteiger partial charge on any atom is 0.416 e. The molecule has 0 amide bonds. The molecular weight excluding hydrogens is 529 g/mol. The van der Waals surface area contributed by atoms with Crippen LogP contribution in [-0.2, 0) is 40.2 Å². The molecule has 0 aliphatic rings. The first-order valence-corrected chi connectivity index (χ1v) is 13.3. The third-order valence-corrected chi connectivity index (χ3v) is 6.37. The van der Waals surface area contributed by atoms with Crippen LogP contribution in [0.1, 0.15) is 27.8 Å². The zero-order valence-corrected chi connectivity index (χ0v) is 22.5. The molecule has 4 rings (SSSR count). The third-order valence-electron chi connectivity index (χ3n) is 6.37. The number of aliphatic hydroxyl groups excluding tert-OH is 1. The zero-order chi connectivity index (χ0) is 28.9. The Morgan fingerprint density at radius 2 is 1.20 bits per heavy atom. The van der Waals surface area contributed by atoms with E-state index in [0.29, 0.717) is 12.2 Å². The summed E-state index contributed by atoms with van der Waals surface area (Å²) in [5.41, 5.74) is 2.38. The molecule has 0 aliphatic carbocycles. The van der Waals surface area contributed by atoms with Gasteiger partial charge in [0.25, 0.3) is 0 Å². The van der Waals surface area contributed by atoms with Gasteiger partial charge in [-0.15, -0.1) is 0 Å². The maximum atomic E-state index is 13.3. The Balaban J connectivity index is 1.56. The average molecular weight is 563 g/mol. The standard InChI is InChI=1S/C34H33F3O4/c35-34(36,37)30-18-10-17-26(21-30)19-20-32(40-23-28-13-6-2-7-14-28)33(41-24-29-15-8-3-9-16-29)31(38)25-39-22-27-11-4-1-5-12-27/h1-21,31-33,38H,22-25H2/b20-19+/t31-,32-,33-/m1/s1. The molecule has 0 heterocycles. The van der Waals surface area contributed by atoms with Crippen molar-refractivity contribution in [1.82, 2.24) is 0 Å². The average Bonchev–Trinajstić information content (AvgIpc) is 2.99. The van der Waals surface area contributed by atoms with Crippen LogP contribution in [0, 0.1) is 0 Å². The molecule has 0 radical (unpaired) electrons. The van der Waals surface area contributed by atoms with Gasteiger partial charge in [0.15, 0.2) is 0 Å². The fourth-order valence-electron chi connectivity index (χ4n) is 4.21. The summed E-state index contributed by atoms with van der Waals surface area (Å²) < 4.78 is 58.2. The summed E-state index contributed by atoms with van der Waals surface area (Å²) in [6.45, 7) is 0.681. The highest BCUT2D eigenvalue weighted by Gasteiger charge is 2.31. The van der Waals surface area contributed by atoms with Crippen molar-refractivity contribution in [3.05, 3.63) is 149 Å². The lowest BCUT2D eigenvalue weighted by Crippen LogP contribution is -2.42. The van der Waals surface area contributed by atoms with Crippen LogP contribution in [0.2, 0.25) is 0 Å². The van der Waals surface area contributed by atoms with Crippen LogP contribution in [0.5, 0.6) is 0 Å². The number of hydrogen-bond donors (Lipinski definition) is 1. The van der Waals surface area contributed by atoms with E-state index >= 15 is 0 Å². The number of halogens is 3. The molecule has 214 valence electrons. The Kier molecular flexibility index (Phi) is 11.3. The van der Waals surface area contributed by atoms with Gasteiger partial charge in [-0.05, 0) is 34.4 Å². The topological polar surface area (TPSA) is 47.9 Å². The molecule has 1 N–H and O–H groups in total. The second kappa shape index (κ2) is 15.3. The minimum atomic E-state index is -4.46. The van der Waals surface area contributed by atoms with Gasteiger partial charge in [0, 0.05) is 0 Å². The van der Waals surface area contributed by atoms with E-state index in [-0.39, 0.29) is 19.8 Å². The van der Waals surface area contributed by atoms with Crippen molar-refractivity contribution in [2.75, 3.05) is 6.61 Å². The second-order valence-electron chi connectivity index (χ2n) is 9.57. The van der Waals surface area contributed by atoms with E-state index in [0.717, 1.165) is 28.8 Å². The number of aliphatic hydroxyl groups is 1. The summed E-state index contributed by atoms with van der Waals surface area (Å²) in [7, 11) is 0. The molecule has 0 aromatic heterocycles. The van der Waals surface area contributed by atoms with Gasteiger partial charge in [-0.1, -0.05) is 115 Å². The molecule has 0 bridgehead atoms. The van der Waals surface area contributed by atoms with Crippen LogP contribution in [0.3, 0.4) is 0 Å². The molecule has 4 aromatic rings. The van der Waals surface area contributed by atoms with Crippen molar-refractivity contribution in [2.45, 2.75) is 44.3 Å². The van der Waals surface area contributed by atoms with Gasteiger partial charge in [0.2, 0.25) is 0 Å². The smallest absolute Gasteiger partial charge is 0.388 e. The molecule has 4 aromatic carbocycles. The maximum absolute atomic E-state index is 13.3. The molecule has 4 nitrogen and oxygen atoms in total. The number of rotatable bonds is 14. The first-order chi connectivity index (χ1) is 19.9. The van der Waals surface area contributed by atoms with E-state index in [9.17, 15) is 18.3 Å². The summed E-state index contributed by atoms with van der Waals surface area (Å²) in [5.74, 6) is 0. The lowest BCUT2D eigenvalue weighted by atomic mass is 10.0. The zero-order valence-electron chi connectivity index (χ0n) is 22.5. The molecule has 3 atom stereocenters. The molecule has 0 fully saturated rings. The fraction of sp³-hybridized carbons (Fsp3) is 0.235.